The lowest BCUT2D eigenvalue weighted by molar-refractivity contribution is -0.914. The second kappa shape index (κ2) is 8.65. The summed E-state index contributed by atoms with van der Waals surface area (Å²) in [6.45, 7) is 12.0. The Morgan fingerprint density at radius 1 is 1.11 bits per heavy atom. The van der Waals surface area contributed by atoms with Gasteiger partial charge in [-0.1, -0.05) is 23.8 Å². The third-order valence-electron chi connectivity index (χ3n) is 5.76. The van der Waals surface area contributed by atoms with Gasteiger partial charge >= 0.3 is 0 Å². The molecule has 5 nitrogen and oxygen atoms in total. The van der Waals surface area contributed by atoms with Gasteiger partial charge < -0.3 is 19.9 Å². The number of nitrogens with zero attached hydrogens (tertiary/aromatic N) is 1. The van der Waals surface area contributed by atoms with Crippen molar-refractivity contribution in [2.24, 2.45) is 0 Å². The Hall–Kier alpha value is -2.53. The number of carbonyl (C=O) groups excluding carboxylic acids is 1. The highest BCUT2D eigenvalue weighted by Crippen LogP contribution is 2.22. The van der Waals surface area contributed by atoms with Gasteiger partial charge in [0.15, 0.2) is 6.04 Å². The van der Waals surface area contributed by atoms with Crippen molar-refractivity contribution >= 4 is 17.3 Å². The van der Waals surface area contributed by atoms with E-state index in [1.165, 1.54) is 16.2 Å². The number of nitrogens with one attached hydrogen (secondary N) is 2. The molecule has 5 heteroatoms. The number of anilines is 2. The van der Waals surface area contributed by atoms with Gasteiger partial charge in [-0.2, -0.15) is 0 Å². The standard InChI is InChI=1S/C23H31N3O2/c1-16-13-17(2)22(18(3)14-16)24-23(27)19(4)25-9-11-26(12-10-25)20-7-6-8-21(15-20)28-5/h6-8,13-15,19H,9-12H2,1-5H3,(H,24,27)/p+1/t19-/m0/s1. The van der Waals surface area contributed by atoms with Gasteiger partial charge in [-0.15, -0.1) is 0 Å². The number of piperazine rings is 1. The summed E-state index contributed by atoms with van der Waals surface area (Å²) in [5, 5.41) is 3.17. The highest BCUT2D eigenvalue weighted by atomic mass is 16.5. The summed E-state index contributed by atoms with van der Waals surface area (Å²) >= 11 is 0. The molecule has 28 heavy (non-hydrogen) atoms. The van der Waals surface area contributed by atoms with Crippen molar-refractivity contribution in [1.82, 2.24) is 0 Å². The monoisotopic (exact) mass is 382 g/mol. The Kier molecular flexibility index (Phi) is 6.25. The number of quaternary nitrogens is 1. The van der Waals surface area contributed by atoms with E-state index >= 15 is 0 Å². The summed E-state index contributed by atoms with van der Waals surface area (Å²) in [5.74, 6) is 0.976. The molecule has 1 aliphatic heterocycles. The van der Waals surface area contributed by atoms with E-state index in [0.29, 0.717) is 0 Å². The third kappa shape index (κ3) is 4.47. The van der Waals surface area contributed by atoms with Crippen LogP contribution in [0.25, 0.3) is 0 Å². The molecule has 2 aromatic rings. The van der Waals surface area contributed by atoms with Crippen LogP contribution in [0.15, 0.2) is 36.4 Å². The second-order valence-corrected chi connectivity index (χ2v) is 7.83. The molecule has 1 saturated heterocycles. The van der Waals surface area contributed by atoms with Gasteiger partial charge in [0.05, 0.1) is 33.3 Å². The molecule has 1 aliphatic rings. The third-order valence-corrected chi connectivity index (χ3v) is 5.76. The highest BCUT2D eigenvalue weighted by Gasteiger charge is 2.29. The first-order chi connectivity index (χ1) is 13.4. The van der Waals surface area contributed by atoms with E-state index in [-0.39, 0.29) is 11.9 Å². The van der Waals surface area contributed by atoms with Crippen LogP contribution in [0.1, 0.15) is 23.6 Å². The largest absolute Gasteiger partial charge is 0.497 e. The van der Waals surface area contributed by atoms with Gasteiger partial charge in [0.25, 0.3) is 5.91 Å². The van der Waals surface area contributed by atoms with Crippen LogP contribution in [0.3, 0.4) is 0 Å². The number of rotatable bonds is 5. The number of hydrogen-bond donors (Lipinski definition) is 2. The lowest BCUT2D eigenvalue weighted by atomic mass is 10.0. The summed E-state index contributed by atoms with van der Waals surface area (Å²) < 4.78 is 5.33. The number of benzene rings is 2. The number of carbonyl (C=O) groups is 1. The molecule has 1 fully saturated rings. The van der Waals surface area contributed by atoms with Crippen molar-refractivity contribution < 1.29 is 14.4 Å². The van der Waals surface area contributed by atoms with Crippen LogP contribution >= 0.6 is 0 Å². The molecule has 0 aromatic heterocycles. The van der Waals surface area contributed by atoms with Crippen LogP contribution in [0.5, 0.6) is 5.75 Å². The summed E-state index contributed by atoms with van der Waals surface area (Å²) in [6, 6.07) is 12.3. The van der Waals surface area contributed by atoms with Crippen LogP contribution < -0.4 is 19.9 Å². The Labute approximate surface area is 168 Å². The van der Waals surface area contributed by atoms with Gasteiger partial charge in [0, 0.05) is 17.4 Å². The summed E-state index contributed by atoms with van der Waals surface area (Å²) in [5.41, 5.74) is 5.60. The highest BCUT2D eigenvalue weighted by molar-refractivity contribution is 5.95. The fourth-order valence-corrected chi connectivity index (χ4v) is 4.09. The van der Waals surface area contributed by atoms with Gasteiger partial charge in [-0.05, 0) is 51.0 Å². The molecule has 0 bridgehead atoms. The summed E-state index contributed by atoms with van der Waals surface area (Å²) in [4.78, 5) is 16.6. The minimum atomic E-state index is -0.0763. The second-order valence-electron chi connectivity index (χ2n) is 7.83. The van der Waals surface area contributed by atoms with Gasteiger partial charge in [-0.3, -0.25) is 4.79 Å². The van der Waals surface area contributed by atoms with Crippen molar-refractivity contribution in [3.05, 3.63) is 53.1 Å². The number of hydrogen-bond acceptors (Lipinski definition) is 3. The SMILES string of the molecule is COc1cccc(N2CC[NH+]([C@@H](C)C(=O)Nc3c(C)cc(C)cc3C)CC2)c1. The zero-order valence-corrected chi connectivity index (χ0v) is 17.6. The van der Waals surface area contributed by atoms with Gasteiger partial charge in [0.1, 0.15) is 5.75 Å². The first-order valence-corrected chi connectivity index (χ1v) is 10.0. The van der Waals surface area contributed by atoms with Crippen LogP contribution in [-0.2, 0) is 4.79 Å². The van der Waals surface area contributed by atoms with E-state index < -0.39 is 0 Å². The Balaban J connectivity index is 1.60. The number of methoxy groups -OCH3 is 1. The average molecular weight is 383 g/mol. The quantitative estimate of drug-likeness (QED) is 0.835. The van der Waals surface area contributed by atoms with Crippen molar-refractivity contribution in [2.75, 3.05) is 43.5 Å². The predicted octanol–water partition coefficient (Wildman–Crippen LogP) is 2.35. The summed E-state index contributed by atoms with van der Waals surface area (Å²) in [7, 11) is 1.69. The molecule has 0 saturated carbocycles. The zero-order chi connectivity index (χ0) is 20.3. The van der Waals surface area contributed by atoms with E-state index in [1.54, 1.807) is 7.11 Å². The molecular formula is C23H32N3O2+. The molecule has 0 radical (unpaired) electrons. The molecule has 150 valence electrons. The molecule has 0 unspecified atom stereocenters. The van der Waals surface area contributed by atoms with Crippen molar-refractivity contribution in [1.29, 1.82) is 0 Å². The van der Waals surface area contributed by atoms with E-state index in [2.05, 4.69) is 55.3 Å². The normalized spacial score (nSPS) is 16.0. The van der Waals surface area contributed by atoms with E-state index in [0.717, 1.165) is 48.7 Å². The molecular weight excluding hydrogens is 350 g/mol. The minimum Gasteiger partial charge on any atom is -0.497 e. The maximum Gasteiger partial charge on any atom is 0.282 e. The Bertz CT molecular complexity index is 818. The van der Waals surface area contributed by atoms with Crippen molar-refractivity contribution in [2.45, 2.75) is 33.7 Å². The molecule has 1 heterocycles. The lowest BCUT2D eigenvalue weighted by Gasteiger charge is -2.36. The van der Waals surface area contributed by atoms with E-state index in [1.807, 2.05) is 19.1 Å². The zero-order valence-electron chi connectivity index (χ0n) is 17.6. The van der Waals surface area contributed by atoms with Crippen molar-refractivity contribution in [3.63, 3.8) is 0 Å². The lowest BCUT2D eigenvalue weighted by Crippen LogP contribution is -3.19. The molecule has 3 rings (SSSR count). The molecule has 2 N–H and O–H groups in total. The fraction of sp³-hybridized carbons (Fsp3) is 0.435. The van der Waals surface area contributed by atoms with Crippen LogP contribution in [-0.4, -0.2) is 45.2 Å². The predicted molar refractivity (Wildman–Crippen MR) is 115 cm³/mol. The van der Waals surface area contributed by atoms with E-state index in [4.69, 9.17) is 4.74 Å². The molecule has 1 amide bonds. The van der Waals surface area contributed by atoms with E-state index in [9.17, 15) is 4.79 Å². The molecule has 0 spiro atoms. The molecule has 0 aliphatic carbocycles. The smallest absolute Gasteiger partial charge is 0.282 e. The Morgan fingerprint density at radius 2 is 1.75 bits per heavy atom. The number of aryl methyl sites for hydroxylation is 3. The fourth-order valence-electron chi connectivity index (χ4n) is 4.09. The first-order valence-electron chi connectivity index (χ1n) is 10.0. The first kappa shape index (κ1) is 20.2. The van der Waals surface area contributed by atoms with Crippen LogP contribution in [0, 0.1) is 20.8 Å². The maximum absolute atomic E-state index is 12.9. The van der Waals surface area contributed by atoms with Gasteiger partial charge in [-0.25, -0.2) is 0 Å². The maximum atomic E-state index is 12.9. The number of ether oxygens (including phenoxy) is 1. The van der Waals surface area contributed by atoms with Gasteiger partial charge in [0.2, 0.25) is 0 Å². The summed E-state index contributed by atoms with van der Waals surface area (Å²) in [6.07, 6.45) is 0. The van der Waals surface area contributed by atoms with Crippen LogP contribution in [0.2, 0.25) is 0 Å². The number of amides is 1. The topological polar surface area (TPSA) is 46.0 Å². The molecule has 2 aromatic carbocycles. The van der Waals surface area contributed by atoms with Crippen LogP contribution in [0.4, 0.5) is 11.4 Å². The Morgan fingerprint density at radius 3 is 2.36 bits per heavy atom. The minimum absolute atomic E-state index is 0.0763. The molecule has 1 atom stereocenters. The van der Waals surface area contributed by atoms with Crippen molar-refractivity contribution in [3.8, 4) is 5.75 Å². The average Bonchev–Trinajstić information content (AvgIpc) is 2.70.